The van der Waals surface area contributed by atoms with Gasteiger partial charge in [-0.25, -0.2) is 0 Å². The molecule has 3 nitrogen and oxygen atoms in total. The number of nitrogens with one attached hydrogen (secondary N) is 1. The summed E-state index contributed by atoms with van der Waals surface area (Å²) < 4.78 is 0. The number of nitrogens with zero attached hydrogens (tertiary/aromatic N) is 2. The van der Waals surface area contributed by atoms with E-state index in [1.165, 1.54) is 71.1 Å². The van der Waals surface area contributed by atoms with E-state index in [2.05, 4.69) is 36.0 Å². The van der Waals surface area contributed by atoms with Gasteiger partial charge < -0.3 is 5.32 Å². The van der Waals surface area contributed by atoms with Gasteiger partial charge in [0.1, 0.15) is 0 Å². The first-order valence-corrected chi connectivity index (χ1v) is 9.26. The molecule has 0 amide bonds. The first-order valence-electron chi connectivity index (χ1n) is 9.26. The van der Waals surface area contributed by atoms with E-state index < -0.39 is 0 Å². The van der Waals surface area contributed by atoms with Crippen LogP contribution >= 0.6 is 0 Å². The van der Waals surface area contributed by atoms with Crippen LogP contribution in [0.25, 0.3) is 0 Å². The molecule has 0 aromatic heterocycles. The lowest BCUT2D eigenvalue weighted by Crippen LogP contribution is -2.58. The van der Waals surface area contributed by atoms with Crippen molar-refractivity contribution in [2.75, 3.05) is 33.2 Å². The van der Waals surface area contributed by atoms with Gasteiger partial charge in [0.15, 0.2) is 0 Å². The first-order chi connectivity index (χ1) is 10.1. The molecule has 2 atom stereocenters. The van der Waals surface area contributed by atoms with Crippen molar-refractivity contribution in [2.24, 2.45) is 5.41 Å². The van der Waals surface area contributed by atoms with Crippen molar-refractivity contribution in [3.8, 4) is 0 Å². The summed E-state index contributed by atoms with van der Waals surface area (Å²) >= 11 is 0. The fourth-order valence-electron chi connectivity index (χ4n) is 4.46. The molecule has 3 rings (SSSR count). The summed E-state index contributed by atoms with van der Waals surface area (Å²) in [6, 6.07) is 2.26. The van der Waals surface area contributed by atoms with Crippen molar-refractivity contribution in [1.29, 1.82) is 0 Å². The Labute approximate surface area is 131 Å². The molecule has 0 bridgehead atoms. The first kappa shape index (κ1) is 15.8. The minimum atomic E-state index is 0.566. The van der Waals surface area contributed by atoms with E-state index in [4.69, 9.17) is 0 Å². The van der Waals surface area contributed by atoms with E-state index in [1.54, 1.807) is 0 Å². The van der Waals surface area contributed by atoms with E-state index in [9.17, 15) is 0 Å². The fourth-order valence-corrected chi connectivity index (χ4v) is 4.46. The summed E-state index contributed by atoms with van der Waals surface area (Å²) in [6.07, 6.45) is 10.1. The molecule has 1 saturated heterocycles. The Morgan fingerprint density at radius 2 is 1.62 bits per heavy atom. The highest BCUT2D eigenvalue weighted by atomic mass is 15.3. The summed E-state index contributed by atoms with van der Waals surface area (Å²) in [6.45, 7) is 9.89. The van der Waals surface area contributed by atoms with Crippen LogP contribution in [-0.4, -0.2) is 61.2 Å². The zero-order valence-electron chi connectivity index (χ0n) is 14.4. The average molecular weight is 293 g/mol. The normalized spacial score (nSPS) is 35.0. The molecular weight excluding hydrogens is 258 g/mol. The van der Waals surface area contributed by atoms with Crippen molar-refractivity contribution >= 4 is 0 Å². The van der Waals surface area contributed by atoms with Gasteiger partial charge in [0.25, 0.3) is 0 Å². The van der Waals surface area contributed by atoms with Crippen LogP contribution in [-0.2, 0) is 0 Å². The molecule has 2 saturated carbocycles. The van der Waals surface area contributed by atoms with Crippen molar-refractivity contribution in [3.05, 3.63) is 0 Å². The van der Waals surface area contributed by atoms with Crippen LogP contribution < -0.4 is 5.32 Å². The second-order valence-electron chi connectivity index (χ2n) is 8.27. The second-order valence-corrected chi connectivity index (χ2v) is 8.27. The molecule has 0 radical (unpaired) electrons. The Kier molecular flexibility index (Phi) is 4.92. The van der Waals surface area contributed by atoms with Crippen LogP contribution in [0, 0.1) is 5.41 Å². The zero-order valence-corrected chi connectivity index (χ0v) is 14.4. The van der Waals surface area contributed by atoms with Crippen LogP contribution in [0.2, 0.25) is 0 Å². The van der Waals surface area contributed by atoms with Gasteiger partial charge in [0.2, 0.25) is 0 Å². The molecule has 21 heavy (non-hydrogen) atoms. The second kappa shape index (κ2) is 6.55. The summed E-state index contributed by atoms with van der Waals surface area (Å²) in [5.41, 5.74) is 0.566. The maximum Gasteiger partial charge on any atom is 0.0195 e. The molecule has 0 aromatic rings. The Bertz CT molecular complexity index is 321. The number of likely N-dealkylation sites (N-methyl/N-ethyl adjacent to an activating group) is 1. The molecule has 1 heterocycles. The van der Waals surface area contributed by atoms with Crippen molar-refractivity contribution in [3.63, 3.8) is 0 Å². The summed E-state index contributed by atoms with van der Waals surface area (Å²) in [7, 11) is 2.29. The molecule has 1 aliphatic heterocycles. The largest absolute Gasteiger partial charge is 0.313 e. The molecule has 0 spiro atoms. The topological polar surface area (TPSA) is 18.5 Å². The number of piperazine rings is 1. The number of rotatable bonds is 5. The molecule has 0 aromatic carbocycles. The van der Waals surface area contributed by atoms with Gasteiger partial charge in [-0.3, -0.25) is 9.80 Å². The van der Waals surface area contributed by atoms with Crippen LogP contribution in [0.4, 0.5) is 0 Å². The Morgan fingerprint density at radius 3 is 2.19 bits per heavy atom. The molecule has 1 N–H and O–H groups in total. The van der Waals surface area contributed by atoms with Crippen LogP contribution in [0.15, 0.2) is 0 Å². The van der Waals surface area contributed by atoms with Crippen molar-refractivity contribution in [2.45, 2.75) is 76.9 Å². The Balaban J connectivity index is 1.60. The minimum Gasteiger partial charge on any atom is -0.313 e. The highest BCUT2D eigenvalue weighted by Gasteiger charge is 2.37. The summed E-state index contributed by atoms with van der Waals surface area (Å²) in [5.74, 6) is 0. The summed E-state index contributed by atoms with van der Waals surface area (Å²) in [5, 5.41) is 3.85. The van der Waals surface area contributed by atoms with Gasteiger partial charge in [0.05, 0.1) is 0 Å². The lowest BCUT2D eigenvalue weighted by Gasteiger charge is -2.47. The maximum atomic E-state index is 3.85. The molecule has 3 aliphatic rings. The molecule has 2 unspecified atom stereocenters. The Hall–Kier alpha value is -0.120. The van der Waals surface area contributed by atoms with Gasteiger partial charge in [-0.15, -0.1) is 0 Å². The molecule has 3 heteroatoms. The van der Waals surface area contributed by atoms with E-state index in [1.807, 2.05) is 0 Å². The number of hydrogen-bond donors (Lipinski definition) is 1. The van der Waals surface area contributed by atoms with Gasteiger partial charge in [-0.05, 0) is 52.0 Å². The monoisotopic (exact) mass is 293 g/mol. The third kappa shape index (κ3) is 4.00. The van der Waals surface area contributed by atoms with E-state index in [-0.39, 0.29) is 0 Å². The minimum absolute atomic E-state index is 0.566. The van der Waals surface area contributed by atoms with Gasteiger partial charge >= 0.3 is 0 Å². The van der Waals surface area contributed by atoms with Crippen LogP contribution in [0.3, 0.4) is 0 Å². The van der Waals surface area contributed by atoms with E-state index in [0.29, 0.717) is 17.5 Å². The highest BCUT2D eigenvalue weighted by molar-refractivity contribution is 4.93. The van der Waals surface area contributed by atoms with Gasteiger partial charge in [-0.1, -0.05) is 19.3 Å². The van der Waals surface area contributed by atoms with Crippen LogP contribution in [0.1, 0.15) is 58.8 Å². The number of hydrogen-bond acceptors (Lipinski definition) is 3. The molecule has 2 aliphatic carbocycles. The highest BCUT2D eigenvalue weighted by Crippen LogP contribution is 2.38. The van der Waals surface area contributed by atoms with E-state index >= 15 is 0 Å². The third-order valence-electron chi connectivity index (χ3n) is 6.25. The average Bonchev–Trinajstić information content (AvgIpc) is 3.28. The lowest BCUT2D eigenvalue weighted by atomic mass is 9.73. The standard InChI is InChI=1S/C18H35N3/c1-15-11-21(12-16(2)20(15)3)14-18(9-5-4-6-10-18)13-19-17-7-8-17/h15-17,19H,4-14H2,1-3H3. The molecule has 3 fully saturated rings. The van der Waals surface area contributed by atoms with Crippen molar-refractivity contribution in [1.82, 2.24) is 15.1 Å². The summed E-state index contributed by atoms with van der Waals surface area (Å²) in [4.78, 5) is 5.32. The van der Waals surface area contributed by atoms with Crippen molar-refractivity contribution < 1.29 is 0 Å². The van der Waals surface area contributed by atoms with Crippen LogP contribution in [0.5, 0.6) is 0 Å². The SMILES string of the molecule is CC1CN(CC2(CNC3CC3)CCCCC2)CC(C)N1C. The smallest absolute Gasteiger partial charge is 0.0195 e. The van der Waals surface area contributed by atoms with Gasteiger partial charge in [-0.2, -0.15) is 0 Å². The van der Waals surface area contributed by atoms with Gasteiger partial charge in [0, 0.05) is 44.3 Å². The predicted octanol–water partition coefficient (Wildman–Crippen LogP) is 2.71. The predicted molar refractivity (Wildman–Crippen MR) is 89.7 cm³/mol. The Morgan fingerprint density at radius 1 is 1.00 bits per heavy atom. The molecular formula is C18H35N3. The fraction of sp³-hybridized carbons (Fsp3) is 1.00. The maximum absolute atomic E-state index is 3.85. The third-order valence-corrected chi connectivity index (χ3v) is 6.25. The lowest BCUT2D eigenvalue weighted by molar-refractivity contribution is 0.0195. The molecule has 122 valence electrons. The van der Waals surface area contributed by atoms with E-state index in [0.717, 1.165) is 6.04 Å². The zero-order chi connectivity index (χ0) is 14.9. The quantitative estimate of drug-likeness (QED) is 0.841.